The van der Waals surface area contributed by atoms with Crippen LogP contribution in [0.3, 0.4) is 0 Å². The molecule has 0 aliphatic carbocycles. The van der Waals surface area contributed by atoms with Gasteiger partial charge in [-0.15, -0.1) is 0 Å². The smallest absolute Gasteiger partial charge is 0.309 e. The highest BCUT2D eigenvalue weighted by molar-refractivity contribution is 5.70. The van der Waals surface area contributed by atoms with Gasteiger partial charge in [0.1, 0.15) is 17.8 Å². The topological polar surface area (TPSA) is 126 Å². The van der Waals surface area contributed by atoms with Crippen LogP contribution in [0.4, 0.5) is 0 Å². The zero-order chi connectivity index (χ0) is 28.6. The molecule has 0 aromatic rings. The summed E-state index contributed by atoms with van der Waals surface area (Å²) in [5.41, 5.74) is -0.482. The molecule has 2 aliphatic rings. The van der Waals surface area contributed by atoms with E-state index in [1.165, 1.54) is 6.92 Å². The molecule has 10 atom stereocenters. The van der Waals surface area contributed by atoms with E-state index >= 15 is 0 Å². The van der Waals surface area contributed by atoms with Crippen molar-refractivity contribution in [3.8, 4) is 0 Å². The third kappa shape index (κ3) is 10.1. The summed E-state index contributed by atoms with van der Waals surface area (Å²) in [6, 6.07) is 0. The van der Waals surface area contributed by atoms with Crippen LogP contribution < -0.4 is 0 Å². The van der Waals surface area contributed by atoms with Crippen molar-refractivity contribution in [3.05, 3.63) is 23.8 Å². The highest BCUT2D eigenvalue weighted by Crippen LogP contribution is 2.37. The molecular formula is C30H50O8. The second-order valence-corrected chi connectivity index (χ2v) is 11.8. The molecule has 0 aromatic carbocycles. The second kappa shape index (κ2) is 14.6. The predicted octanol–water partition coefficient (Wildman–Crippen LogP) is 4.25. The van der Waals surface area contributed by atoms with E-state index in [2.05, 4.69) is 13.0 Å². The average molecular weight is 539 g/mol. The lowest BCUT2D eigenvalue weighted by Crippen LogP contribution is -2.42. The Balaban J connectivity index is 2.05. The van der Waals surface area contributed by atoms with Gasteiger partial charge in [-0.05, 0) is 69.9 Å². The summed E-state index contributed by atoms with van der Waals surface area (Å²) in [5.74, 6) is -0.649. The number of esters is 2. The first-order valence-electron chi connectivity index (χ1n) is 14.2. The number of carbonyl (C=O) groups excluding carboxylic acids is 2. The maximum Gasteiger partial charge on any atom is 0.309 e. The maximum atomic E-state index is 12.6. The van der Waals surface area contributed by atoms with Crippen molar-refractivity contribution in [1.82, 2.24) is 0 Å². The summed E-state index contributed by atoms with van der Waals surface area (Å²) in [5, 5.41) is 31.4. The van der Waals surface area contributed by atoms with Crippen LogP contribution in [0.1, 0.15) is 93.4 Å². The van der Waals surface area contributed by atoms with Gasteiger partial charge in [0.2, 0.25) is 0 Å². The first-order chi connectivity index (χ1) is 17.7. The standard InChI is InChI=1S/C30H50O8/c1-8-24(33)21(5)29-25(37-29)16-18(2)10-9-11-19(3)28-20(4)12-13-26(36-22(6)31)30(7,35)15-14-23(32)17-27(34)38-28/h11-13,18,20-21,23-26,28-29,32-33,35H,8-10,14-17H2,1-7H3/b13-12+,19-11+. The van der Waals surface area contributed by atoms with Gasteiger partial charge in [0.15, 0.2) is 0 Å². The van der Waals surface area contributed by atoms with E-state index in [4.69, 9.17) is 14.2 Å². The Morgan fingerprint density at radius 3 is 2.61 bits per heavy atom. The van der Waals surface area contributed by atoms with E-state index in [-0.39, 0.29) is 49.4 Å². The Bertz CT molecular complexity index is 834. The SMILES string of the molecule is CCC(O)C(C)C1OC1CC(C)CC/C=C(\C)C1OC(=O)CC(O)CCC(C)(O)C(OC(C)=O)/C=C/C1C. The molecule has 8 nitrogen and oxygen atoms in total. The van der Waals surface area contributed by atoms with Crippen molar-refractivity contribution in [2.24, 2.45) is 17.8 Å². The molecule has 8 heteroatoms. The van der Waals surface area contributed by atoms with Crippen LogP contribution in [-0.4, -0.2) is 69.5 Å². The fraction of sp³-hybridized carbons (Fsp3) is 0.800. The van der Waals surface area contributed by atoms with Gasteiger partial charge >= 0.3 is 11.9 Å². The second-order valence-electron chi connectivity index (χ2n) is 11.8. The Morgan fingerprint density at radius 1 is 1.29 bits per heavy atom. The van der Waals surface area contributed by atoms with E-state index < -0.39 is 35.9 Å². The van der Waals surface area contributed by atoms with Gasteiger partial charge < -0.3 is 29.5 Å². The highest BCUT2D eigenvalue weighted by atomic mass is 16.6. The predicted molar refractivity (Wildman–Crippen MR) is 145 cm³/mol. The Labute approximate surface area is 228 Å². The zero-order valence-corrected chi connectivity index (χ0v) is 24.3. The third-order valence-corrected chi connectivity index (χ3v) is 7.99. The molecule has 0 aromatic heterocycles. The van der Waals surface area contributed by atoms with Gasteiger partial charge in [-0.1, -0.05) is 39.8 Å². The molecule has 0 spiro atoms. The Hall–Kier alpha value is -1.74. The number of carbonyl (C=O) groups is 2. The van der Waals surface area contributed by atoms with E-state index in [1.54, 1.807) is 13.0 Å². The summed E-state index contributed by atoms with van der Waals surface area (Å²) in [4.78, 5) is 24.3. The molecule has 218 valence electrons. The number of allylic oxidation sites excluding steroid dienone is 1. The molecule has 0 amide bonds. The Morgan fingerprint density at radius 2 is 1.97 bits per heavy atom. The number of epoxide rings is 1. The molecule has 1 saturated heterocycles. The molecule has 0 saturated carbocycles. The first kappa shape index (κ1) is 32.5. The van der Waals surface area contributed by atoms with E-state index in [1.807, 2.05) is 33.8 Å². The van der Waals surface area contributed by atoms with Gasteiger partial charge in [-0.25, -0.2) is 0 Å². The van der Waals surface area contributed by atoms with E-state index in [0.29, 0.717) is 5.92 Å². The lowest BCUT2D eigenvalue weighted by Gasteiger charge is -2.32. The summed E-state index contributed by atoms with van der Waals surface area (Å²) in [6.07, 6.45) is 6.79. The van der Waals surface area contributed by atoms with Crippen molar-refractivity contribution in [1.29, 1.82) is 0 Å². The van der Waals surface area contributed by atoms with Crippen molar-refractivity contribution < 1.29 is 39.1 Å². The van der Waals surface area contributed by atoms with Crippen molar-refractivity contribution >= 4 is 11.9 Å². The molecule has 2 rings (SSSR count). The molecule has 1 fully saturated rings. The normalized spacial score (nSPS) is 36.2. The lowest BCUT2D eigenvalue weighted by atomic mass is 9.88. The minimum absolute atomic E-state index is 0.139. The first-order valence-corrected chi connectivity index (χ1v) is 14.2. The number of rotatable bonds is 10. The third-order valence-electron chi connectivity index (χ3n) is 7.99. The summed E-state index contributed by atoms with van der Waals surface area (Å²) in [6.45, 7) is 12.9. The molecule has 2 aliphatic heterocycles. The average Bonchev–Trinajstić information content (AvgIpc) is 3.60. The molecular weight excluding hydrogens is 488 g/mol. The summed E-state index contributed by atoms with van der Waals surface area (Å²) in [7, 11) is 0. The van der Waals surface area contributed by atoms with Crippen LogP contribution in [0.5, 0.6) is 0 Å². The molecule has 3 N–H and O–H groups in total. The molecule has 38 heavy (non-hydrogen) atoms. The highest BCUT2D eigenvalue weighted by Gasteiger charge is 2.45. The molecule has 0 bridgehead atoms. The van der Waals surface area contributed by atoms with Crippen molar-refractivity contribution in [3.63, 3.8) is 0 Å². The minimum atomic E-state index is -1.39. The number of aliphatic hydroxyl groups excluding tert-OH is 2. The molecule has 2 heterocycles. The fourth-order valence-corrected chi connectivity index (χ4v) is 5.26. The minimum Gasteiger partial charge on any atom is -0.457 e. The number of ether oxygens (including phenoxy) is 3. The summed E-state index contributed by atoms with van der Waals surface area (Å²) < 4.78 is 17.0. The zero-order valence-electron chi connectivity index (χ0n) is 24.3. The number of hydrogen-bond acceptors (Lipinski definition) is 8. The van der Waals surface area contributed by atoms with Crippen LogP contribution in [-0.2, 0) is 23.8 Å². The van der Waals surface area contributed by atoms with Crippen LogP contribution in [0.25, 0.3) is 0 Å². The van der Waals surface area contributed by atoms with Crippen molar-refractivity contribution in [2.45, 2.75) is 136 Å². The molecule has 10 unspecified atom stereocenters. The monoisotopic (exact) mass is 538 g/mol. The van der Waals surface area contributed by atoms with E-state index in [0.717, 1.165) is 31.3 Å². The quantitative estimate of drug-likeness (QED) is 0.214. The van der Waals surface area contributed by atoms with Gasteiger partial charge in [-0.2, -0.15) is 0 Å². The largest absolute Gasteiger partial charge is 0.457 e. The van der Waals surface area contributed by atoms with Crippen molar-refractivity contribution in [2.75, 3.05) is 0 Å². The van der Waals surface area contributed by atoms with Crippen LogP contribution in [0, 0.1) is 17.8 Å². The Kier molecular flexibility index (Phi) is 12.5. The van der Waals surface area contributed by atoms with E-state index in [9.17, 15) is 24.9 Å². The number of aliphatic hydroxyl groups is 3. The van der Waals surface area contributed by atoms with Gasteiger partial charge in [0, 0.05) is 18.8 Å². The number of cyclic esters (lactones) is 1. The molecule has 0 radical (unpaired) electrons. The van der Waals surface area contributed by atoms with Gasteiger partial charge in [0.25, 0.3) is 0 Å². The maximum absolute atomic E-state index is 12.6. The number of hydrogen-bond donors (Lipinski definition) is 3. The van der Waals surface area contributed by atoms with Crippen LogP contribution in [0.15, 0.2) is 23.8 Å². The fourth-order valence-electron chi connectivity index (χ4n) is 5.26. The van der Waals surface area contributed by atoms with Crippen LogP contribution >= 0.6 is 0 Å². The lowest BCUT2D eigenvalue weighted by molar-refractivity contribution is -0.157. The summed E-state index contributed by atoms with van der Waals surface area (Å²) >= 11 is 0. The van der Waals surface area contributed by atoms with Gasteiger partial charge in [-0.3, -0.25) is 9.59 Å². The van der Waals surface area contributed by atoms with Crippen LogP contribution in [0.2, 0.25) is 0 Å². The van der Waals surface area contributed by atoms with Gasteiger partial charge in [0.05, 0.1) is 30.8 Å².